The molecule has 2 atom stereocenters. The third-order valence-electron chi connectivity index (χ3n) is 7.75. The topological polar surface area (TPSA) is 111 Å². The largest absolute Gasteiger partial charge is 0.333 e. The number of benzene rings is 1. The number of aromatic nitrogens is 6. The molecule has 3 aromatic heterocycles. The molecule has 6 rings (SSSR count). The summed E-state index contributed by atoms with van der Waals surface area (Å²) in [6.07, 6.45) is 9.97. The van der Waals surface area contributed by atoms with Gasteiger partial charge < -0.3 is 10.2 Å². The Bertz CT molecular complexity index is 1670. The van der Waals surface area contributed by atoms with E-state index in [2.05, 4.69) is 25.7 Å². The summed E-state index contributed by atoms with van der Waals surface area (Å²) in [6, 6.07) is 8.28. The van der Waals surface area contributed by atoms with Crippen molar-refractivity contribution in [3.63, 3.8) is 0 Å². The number of hydrogen-bond donors (Lipinski definition) is 1. The first-order chi connectivity index (χ1) is 20.3. The van der Waals surface area contributed by atoms with E-state index in [0.29, 0.717) is 53.2 Å². The summed E-state index contributed by atoms with van der Waals surface area (Å²) in [4.78, 5) is 33.0. The van der Waals surface area contributed by atoms with Gasteiger partial charge in [0.15, 0.2) is 0 Å². The average Bonchev–Trinajstić information content (AvgIpc) is 3.66. The summed E-state index contributed by atoms with van der Waals surface area (Å²) in [7, 11) is 0. The van der Waals surface area contributed by atoms with Gasteiger partial charge in [0.25, 0.3) is 0 Å². The lowest BCUT2D eigenvalue weighted by Crippen LogP contribution is -2.38. The van der Waals surface area contributed by atoms with Crippen LogP contribution in [0.4, 0.5) is 14.5 Å². The lowest BCUT2D eigenvalue weighted by atomic mass is 9.93. The zero-order chi connectivity index (χ0) is 29.4. The lowest BCUT2D eigenvalue weighted by Gasteiger charge is -2.34. The molecule has 2 bridgehead atoms. The zero-order valence-electron chi connectivity index (χ0n) is 22.6. The van der Waals surface area contributed by atoms with Crippen molar-refractivity contribution in [3.8, 4) is 16.9 Å². The molecule has 0 aliphatic carbocycles. The average molecular weight is 593 g/mol. The van der Waals surface area contributed by atoms with E-state index in [1.807, 2.05) is 12.1 Å². The molecule has 1 unspecified atom stereocenters. The fourth-order valence-corrected chi connectivity index (χ4v) is 5.79. The van der Waals surface area contributed by atoms with Crippen molar-refractivity contribution in [1.29, 1.82) is 0 Å². The number of alkyl halides is 2. The second-order valence-electron chi connectivity index (χ2n) is 10.4. The second-order valence-corrected chi connectivity index (χ2v) is 10.8. The fraction of sp³-hybridized carbons (Fsp3) is 0.310. The fourth-order valence-electron chi connectivity index (χ4n) is 5.61. The predicted molar refractivity (Wildman–Crippen MR) is 152 cm³/mol. The van der Waals surface area contributed by atoms with Crippen molar-refractivity contribution in [3.05, 3.63) is 77.5 Å². The molecule has 1 aromatic carbocycles. The summed E-state index contributed by atoms with van der Waals surface area (Å²) < 4.78 is 30.0. The Morgan fingerprint density at radius 3 is 2.74 bits per heavy atom. The van der Waals surface area contributed by atoms with Crippen LogP contribution in [0.3, 0.4) is 0 Å². The van der Waals surface area contributed by atoms with E-state index in [-0.39, 0.29) is 29.1 Å². The molecule has 1 N–H and O–H groups in total. The van der Waals surface area contributed by atoms with Crippen LogP contribution in [0, 0.1) is 5.92 Å². The third-order valence-corrected chi connectivity index (χ3v) is 7.98. The smallest absolute Gasteiger partial charge is 0.330 e. The molecule has 0 saturated heterocycles. The minimum Gasteiger partial charge on any atom is -0.330 e. The van der Waals surface area contributed by atoms with Gasteiger partial charge in [-0.1, -0.05) is 30.2 Å². The quantitative estimate of drug-likeness (QED) is 0.326. The maximum atomic E-state index is 13.9. The number of pyridine rings is 1. The van der Waals surface area contributed by atoms with Crippen LogP contribution < -0.4 is 5.32 Å². The van der Waals surface area contributed by atoms with Crippen molar-refractivity contribution < 1.29 is 18.4 Å². The normalized spacial score (nSPS) is 19.5. The van der Waals surface area contributed by atoms with Crippen LogP contribution in [0.15, 0.2) is 61.2 Å². The van der Waals surface area contributed by atoms with E-state index in [0.717, 1.165) is 16.8 Å². The number of anilines is 1. The number of amides is 2. The molecule has 10 nitrogen and oxygen atoms in total. The molecule has 13 heteroatoms. The molecule has 0 radical (unpaired) electrons. The molecule has 2 aliphatic rings. The SMILES string of the molecule is C[C@@H]1CCCC(N2CCC(c3cc(Cl)ccc3-n3ccnn3)=CC2=O)c2cc(ccn2)-c2c(cnn2C(F)F)NC1=O. The highest BCUT2D eigenvalue weighted by Gasteiger charge is 2.31. The Labute approximate surface area is 245 Å². The van der Waals surface area contributed by atoms with Crippen LogP contribution in [0.2, 0.25) is 5.02 Å². The minimum absolute atomic E-state index is 0.0854. The summed E-state index contributed by atoms with van der Waals surface area (Å²) in [5.41, 5.74) is 3.64. The van der Waals surface area contributed by atoms with E-state index in [1.54, 1.807) is 53.2 Å². The van der Waals surface area contributed by atoms with Crippen molar-refractivity contribution in [1.82, 2.24) is 34.7 Å². The molecular formula is C29H27ClF2N8O2. The van der Waals surface area contributed by atoms with Gasteiger partial charge in [-0.25, -0.2) is 9.36 Å². The highest BCUT2D eigenvalue weighted by Crippen LogP contribution is 2.38. The minimum atomic E-state index is -2.91. The van der Waals surface area contributed by atoms with Gasteiger partial charge in [0, 0.05) is 40.9 Å². The molecule has 0 fully saturated rings. The maximum Gasteiger partial charge on any atom is 0.333 e. The van der Waals surface area contributed by atoms with Gasteiger partial charge in [-0.3, -0.25) is 14.6 Å². The van der Waals surface area contributed by atoms with Crippen molar-refractivity contribution in [2.75, 3.05) is 11.9 Å². The van der Waals surface area contributed by atoms with Crippen molar-refractivity contribution >= 4 is 34.7 Å². The van der Waals surface area contributed by atoms with Crippen LogP contribution in [0.25, 0.3) is 22.5 Å². The number of halogens is 3. The predicted octanol–water partition coefficient (Wildman–Crippen LogP) is 5.69. The number of carbonyl (C=O) groups excluding carboxylic acids is 2. The Kier molecular flexibility index (Phi) is 7.55. The third kappa shape index (κ3) is 5.29. The van der Waals surface area contributed by atoms with E-state index < -0.39 is 12.6 Å². The van der Waals surface area contributed by atoms with Gasteiger partial charge in [-0.15, -0.1) is 5.10 Å². The molecule has 42 heavy (non-hydrogen) atoms. The van der Waals surface area contributed by atoms with Gasteiger partial charge in [0.2, 0.25) is 11.8 Å². The Balaban J connectivity index is 1.38. The van der Waals surface area contributed by atoms with Gasteiger partial charge in [0.05, 0.1) is 47.4 Å². The Morgan fingerprint density at radius 1 is 1.12 bits per heavy atom. The van der Waals surface area contributed by atoms with E-state index in [4.69, 9.17) is 11.6 Å². The molecule has 0 spiro atoms. The summed E-state index contributed by atoms with van der Waals surface area (Å²) >= 11 is 6.33. The summed E-state index contributed by atoms with van der Waals surface area (Å²) in [6.45, 7) is -0.714. The molecular weight excluding hydrogens is 566 g/mol. The number of fused-ring (bicyclic) bond motifs is 4. The van der Waals surface area contributed by atoms with Gasteiger partial charge in [0.1, 0.15) is 0 Å². The van der Waals surface area contributed by atoms with Crippen LogP contribution in [-0.4, -0.2) is 53.0 Å². The first-order valence-electron chi connectivity index (χ1n) is 13.6. The van der Waals surface area contributed by atoms with E-state index in [1.165, 1.54) is 12.4 Å². The second kappa shape index (κ2) is 11.4. The van der Waals surface area contributed by atoms with Crippen molar-refractivity contribution in [2.24, 2.45) is 5.92 Å². The van der Waals surface area contributed by atoms with Crippen LogP contribution in [-0.2, 0) is 9.59 Å². The first kappa shape index (κ1) is 27.7. The Hall–Kier alpha value is -4.45. The molecule has 5 heterocycles. The molecule has 2 amide bonds. The Morgan fingerprint density at radius 2 is 1.98 bits per heavy atom. The van der Waals surface area contributed by atoms with E-state index >= 15 is 0 Å². The maximum absolute atomic E-state index is 13.9. The number of nitrogens with zero attached hydrogens (tertiary/aromatic N) is 7. The molecule has 2 aliphatic heterocycles. The summed E-state index contributed by atoms with van der Waals surface area (Å²) in [5.74, 6) is -0.849. The van der Waals surface area contributed by atoms with E-state index in [9.17, 15) is 18.4 Å². The first-order valence-corrected chi connectivity index (χ1v) is 14.0. The van der Waals surface area contributed by atoms with Crippen LogP contribution in [0.5, 0.6) is 0 Å². The van der Waals surface area contributed by atoms with Crippen molar-refractivity contribution in [2.45, 2.75) is 45.2 Å². The number of nitrogens with one attached hydrogen (secondary N) is 1. The standard InChI is InChI=1S/C29H27ClF2N8O2/c1-17-3-2-4-25(22-13-19(7-9-33-22)27-23(36-28(17)42)16-35-40(27)29(31)32)38-11-8-18(14-26(38)41)21-15-20(30)5-6-24(21)39-12-10-34-37-39/h5-7,9-10,12-17,25,29H,2-4,8,11H2,1H3,(H,36,42)/t17-,25?/m1/s1. The molecule has 216 valence electrons. The van der Waals surface area contributed by atoms with Gasteiger partial charge in [-0.05, 0) is 55.2 Å². The lowest BCUT2D eigenvalue weighted by molar-refractivity contribution is -0.129. The van der Waals surface area contributed by atoms with Crippen LogP contribution in [0.1, 0.15) is 56.5 Å². The molecule has 0 saturated carbocycles. The van der Waals surface area contributed by atoms with Crippen LogP contribution >= 0.6 is 11.6 Å². The number of hydrogen-bond acceptors (Lipinski definition) is 6. The number of carbonyl (C=O) groups is 2. The monoisotopic (exact) mass is 592 g/mol. The van der Waals surface area contributed by atoms with Gasteiger partial charge in [-0.2, -0.15) is 13.9 Å². The highest BCUT2D eigenvalue weighted by atomic mass is 35.5. The highest BCUT2D eigenvalue weighted by molar-refractivity contribution is 6.30. The molecule has 4 aromatic rings. The summed E-state index contributed by atoms with van der Waals surface area (Å²) in [5, 5.41) is 15.1. The number of rotatable bonds is 4. The zero-order valence-corrected chi connectivity index (χ0v) is 23.4. The van der Waals surface area contributed by atoms with Gasteiger partial charge >= 0.3 is 6.55 Å².